The number of Topliss-reactive ketones (excluding diaryl/α,β-unsaturated/α-hetero) is 2. The maximum atomic E-state index is 14.5. The summed E-state index contributed by atoms with van der Waals surface area (Å²) in [5.41, 5.74) is 5.64. The van der Waals surface area contributed by atoms with Gasteiger partial charge in [-0.2, -0.15) is 0 Å². The number of hydrogen-bond acceptors (Lipinski definition) is 15. The van der Waals surface area contributed by atoms with E-state index < -0.39 is 83.4 Å². The zero-order valence-electron chi connectivity index (χ0n) is 51.4. The van der Waals surface area contributed by atoms with Crippen molar-refractivity contribution >= 4 is 81.3 Å². The maximum Gasteiger partial charge on any atom is 0.412 e. The molecule has 9 atom stereocenters. The van der Waals surface area contributed by atoms with Crippen LogP contribution in [-0.2, 0) is 60.6 Å². The van der Waals surface area contributed by atoms with Crippen LogP contribution in [0.4, 0.5) is 21.0 Å². The van der Waals surface area contributed by atoms with Crippen LogP contribution in [0.3, 0.4) is 0 Å². The molecule has 2 fully saturated rings. The summed E-state index contributed by atoms with van der Waals surface area (Å²) in [5, 5.41) is 24.0. The fourth-order valence-electron chi connectivity index (χ4n) is 11.5. The van der Waals surface area contributed by atoms with E-state index in [9.17, 15) is 43.5 Å². The fourth-order valence-corrected chi connectivity index (χ4v) is 11.8. The Morgan fingerprint density at radius 3 is 2.38 bits per heavy atom. The smallest absolute Gasteiger partial charge is 0.412 e. The number of aliphatic hydroxyl groups is 1. The number of ketones is 2. The van der Waals surface area contributed by atoms with E-state index in [4.69, 9.17) is 46.0 Å². The first-order chi connectivity index (χ1) is 40.8. The molecule has 3 aromatic rings. The third kappa shape index (κ3) is 18.3. The summed E-state index contributed by atoms with van der Waals surface area (Å²) in [4.78, 5) is 113. The van der Waals surface area contributed by atoms with Crippen molar-refractivity contribution in [1.29, 1.82) is 0 Å². The van der Waals surface area contributed by atoms with Crippen molar-refractivity contribution in [2.24, 2.45) is 29.4 Å². The van der Waals surface area contributed by atoms with Crippen molar-refractivity contribution in [2.75, 3.05) is 44.6 Å². The van der Waals surface area contributed by atoms with Crippen LogP contribution in [0.1, 0.15) is 137 Å². The number of pyridine rings is 1. The highest BCUT2D eigenvalue weighted by Gasteiger charge is 2.64. The molecule has 0 aliphatic carbocycles. The molecule has 0 radical (unpaired) electrons. The molecule has 4 heterocycles. The average Bonchev–Trinajstić information content (AvgIpc) is 1.68. The Morgan fingerprint density at radius 1 is 0.965 bits per heavy atom. The van der Waals surface area contributed by atoms with Crippen LogP contribution in [0.15, 0.2) is 66.3 Å². The number of aromatic nitrogens is 1. The number of fused-ring (bicyclic) bond motifs is 6. The van der Waals surface area contributed by atoms with Gasteiger partial charge in [-0.05, 0) is 107 Å². The van der Waals surface area contributed by atoms with E-state index in [1.54, 1.807) is 68.6 Å². The summed E-state index contributed by atoms with van der Waals surface area (Å²) in [5.74, 6) is -2.99. The van der Waals surface area contributed by atoms with Crippen molar-refractivity contribution < 1.29 is 67.1 Å². The van der Waals surface area contributed by atoms with Gasteiger partial charge in [-0.25, -0.2) is 9.59 Å². The molecule has 4 bridgehead atoms. The molecule has 7 N–H and O–H groups in total. The number of nitrogens with two attached hydrogens (primary N) is 1. The number of carbonyl (C=O) groups excluding carboxylic acids is 8. The van der Waals surface area contributed by atoms with Crippen molar-refractivity contribution in [3.05, 3.63) is 82.5 Å². The topological polar surface area (TPSA) is 297 Å². The Balaban J connectivity index is 1.15. The highest BCUT2D eigenvalue weighted by molar-refractivity contribution is 6.35. The van der Waals surface area contributed by atoms with E-state index in [2.05, 4.69) is 21.3 Å². The number of rotatable bonds is 25. The first-order valence-electron chi connectivity index (χ1n) is 30.0. The number of esters is 1. The van der Waals surface area contributed by atoms with Gasteiger partial charge in [-0.3, -0.25) is 39.1 Å². The molecule has 3 aliphatic heterocycles. The standard InChI is InChI=1S/C64H88ClN7O14/c1-11-41(12-2)59(77)67-26-15-13-14-19-45(73)33-46(37(3)4)60(78)71-48(20-17-27-68-61(66)79)50(74)32-44-23-22-42-31-43(24-25-47(42)69-44)70-62(80)85-54-34-55(75)72(8)49-29-40(30-51(82-9)57(49)65)28-38(5)18-16-21-53(83-10)64(81)35-52(84-56(76)36-64)39(6)58-63(54,7)86-58/h16,18,21-25,29-31,37,39,41,46,48,52-54,58,81H,11-15,17,19-20,26-28,32-36H2,1-10H3,(H,67,77)(H,70,80)(H,71,78)(H3,66,68,79)/b21-16+,38-18+/t39-,46+,48+,52+,53-,54+,58+,63+,64-/m1/s1. The van der Waals surface area contributed by atoms with Gasteiger partial charge in [0.2, 0.25) is 17.7 Å². The number of ether oxygens (including phenoxy) is 5. The normalized spacial score (nSPS) is 24.1. The molecule has 86 heavy (non-hydrogen) atoms. The van der Waals surface area contributed by atoms with Gasteiger partial charge in [-0.15, -0.1) is 0 Å². The number of halogens is 1. The largest absolute Gasteiger partial charge is 0.495 e. The molecular formula is C64H88ClN7O14. The van der Waals surface area contributed by atoms with Gasteiger partial charge in [0, 0.05) is 81.0 Å². The van der Waals surface area contributed by atoms with Crippen LogP contribution in [0.25, 0.3) is 10.9 Å². The Morgan fingerprint density at radius 2 is 1.70 bits per heavy atom. The minimum absolute atomic E-state index is 0.00430. The molecule has 6 amide bonds. The second-order valence-corrected chi connectivity index (χ2v) is 24.1. The summed E-state index contributed by atoms with van der Waals surface area (Å²) in [6.45, 7) is 13.8. The van der Waals surface area contributed by atoms with Gasteiger partial charge >= 0.3 is 18.1 Å². The number of urea groups is 1. The van der Waals surface area contributed by atoms with Crippen LogP contribution >= 0.6 is 11.6 Å². The van der Waals surface area contributed by atoms with E-state index in [1.165, 1.54) is 19.1 Å². The lowest BCUT2D eigenvalue weighted by atomic mass is 9.78. The number of hydrogen-bond donors (Lipinski definition) is 6. The summed E-state index contributed by atoms with van der Waals surface area (Å²) in [6.07, 6.45) is 4.86. The number of anilines is 2. The number of epoxide rings is 1. The molecule has 3 aliphatic rings. The van der Waals surface area contributed by atoms with Crippen molar-refractivity contribution in [2.45, 2.75) is 180 Å². The molecule has 0 saturated carbocycles. The second-order valence-electron chi connectivity index (χ2n) is 23.7. The van der Waals surface area contributed by atoms with Crippen molar-refractivity contribution in [3.8, 4) is 5.75 Å². The monoisotopic (exact) mass is 1210 g/mol. The third-order valence-electron chi connectivity index (χ3n) is 16.9. The Bertz CT molecular complexity index is 3000. The van der Waals surface area contributed by atoms with Crippen LogP contribution < -0.4 is 36.6 Å². The van der Waals surface area contributed by atoms with Crippen molar-refractivity contribution in [1.82, 2.24) is 20.9 Å². The average molecular weight is 1210 g/mol. The van der Waals surface area contributed by atoms with Crippen molar-refractivity contribution in [3.63, 3.8) is 0 Å². The molecule has 470 valence electrons. The quantitative estimate of drug-likeness (QED) is 0.0263. The summed E-state index contributed by atoms with van der Waals surface area (Å²) in [6, 6.07) is 10.2. The number of amides is 6. The van der Waals surface area contributed by atoms with E-state index >= 15 is 0 Å². The molecule has 21 nitrogen and oxygen atoms in total. The molecule has 2 saturated heterocycles. The third-order valence-corrected chi connectivity index (χ3v) is 17.2. The number of primary amides is 1. The number of nitrogens with zero attached hydrogens (tertiary/aromatic N) is 2. The first kappa shape index (κ1) is 68.2. The van der Waals surface area contributed by atoms with Gasteiger partial charge < -0.3 is 55.4 Å². The minimum Gasteiger partial charge on any atom is -0.495 e. The molecule has 0 unspecified atom stereocenters. The zero-order chi connectivity index (χ0) is 63.0. The predicted molar refractivity (Wildman–Crippen MR) is 327 cm³/mol. The molecule has 6 rings (SSSR count). The Hall–Kier alpha value is -6.94. The van der Waals surface area contributed by atoms with Gasteiger partial charge in [0.25, 0.3) is 0 Å². The molecule has 2 aromatic carbocycles. The van der Waals surface area contributed by atoms with E-state index in [0.717, 1.165) is 36.8 Å². The lowest BCUT2D eigenvalue weighted by molar-refractivity contribution is -0.187. The zero-order valence-corrected chi connectivity index (χ0v) is 52.1. The predicted octanol–water partition coefficient (Wildman–Crippen LogP) is 8.56. The van der Waals surface area contributed by atoms with E-state index in [1.807, 2.05) is 47.6 Å². The molecule has 0 spiro atoms. The highest BCUT2D eigenvalue weighted by atomic mass is 35.5. The van der Waals surface area contributed by atoms with E-state index in [0.29, 0.717) is 59.5 Å². The minimum atomic E-state index is -1.63. The number of methoxy groups -OCH3 is 2. The fraction of sp³-hybridized carbons (Fsp3) is 0.578. The molecule has 1 aromatic heterocycles. The first-order valence-corrected chi connectivity index (χ1v) is 30.3. The number of unbranched alkanes of at least 4 members (excludes halogenated alkanes) is 2. The number of carbonyl (C=O) groups is 8. The van der Waals surface area contributed by atoms with Crippen LogP contribution in [0.2, 0.25) is 5.02 Å². The van der Waals surface area contributed by atoms with Gasteiger partial charge in [-0.1, -0.05) is 82.5 Å². The second kappa shape index (κ2) is 31.1. The highest BCUT2D eigenvalue weighted by Crippen LogP contribution is 2.50. The summed E-state index contributed by atoms with van der Waals surface area (Å²) >= 11 is 6.86. The van der Waals surface area contributed by atoms with Gasteiger partial charge in [0.1, 0.15) is 46.1 Å². The lowest BCUT2D eigenvalue weighted by Crippen LogP contribution is -2.53. The summed E-state index contributed by atoms with van der Waals surface area (Å²) < 4.78 is 29.7. The van der Waals surface area contributed by atoms with Crippen LogP contribution in [0, 0.1) is 23.7 Å². The maximum absolute atomic E-state index is 14.5. The number of nitrogens with one attached hydrogen (secondary N) is 4. The Labute approximate surface area is 509 Å². The van der Waals surface area contributed by atoms with E-state index in [-0.39, 0.29) is 85.8 Å². The molecular weight excluding hydrogens is 1130 g/mol. The van der Waals surface area contributed by atoms with Crippen LogP contribution in [-0.4, -0.2) is 133 Å². The summed E-state index contributed by atoms with van der Waals surface area (Å²) in [7, 11) is 4.50. The number of allylic oxidation sites excluding steroid dienone is 3. The van der Waals surface area contributed by atoms with Crippen LogP contribution in [0.5, 0.6) is 5.75 Å². The van der Waals surface area contributed by atoms with Gasteiger partial charge in [0.05, 0.1) is 49.7 Å². The number of benzene rings is 2. The molecule has 22 heteroatoms. The SMILES string of the molecule is CCC(CC)C(=O)NCCCCCC(=O)C[C@H](C(=O)N[C@@H](CCCNC(N)=O)C(=O)Cc1ccc2cc(NC(=O)O[C@H]3CC(=O)N(C)c4cc(cc(OC)c4Cl)C/C(C)=C/C=C/[C@@H](OC)[C@]4(O)CC(=O)O[C@@H](C4)[C@@H](C)[C@@H]4O[C@@]34C)ccc2n1)C(C)C. The van der Waals surface area contributed by atoms with Gasteiger partial charge in [0.15, 0.2) is 5.78 Å². The Kier molecular flexibility index (Phi) is 24.7. The lowest BCUT2D eigenvalue weighted by Gasteiger charge is -2.41.